The van der Waals surface area contributed by atoms with Gasteiger partial charge in [-0.15, -0.1) is 0 Å². The lowest BCUT2D eigenvalue weighted by Gasteiger charge is -2.29. The third kappa shape index (κ3) is 5.51. The average Bonchev–Trinajstić information content (AvgIpc) is 3.53. The molecular formula is C48H36N2. The fraction of sp³-hybridized carbons (Fsp3) is 0.0417. The fourth-order valence-electron chi connectivity index (χ4n) is 7.41. The van der Waals surface area contributed by atoms with E-state index in [0.29, 0.717) is 5.92 Å². The van der Waals surface area contributed by atoms with Crippen LogP contribution in [0.3, 0.4) is 0 Å². The van der Waals surface area contributed by atoms with Crippen molar-refractivity contribution in [3.05, 3.63) is 211 Å². The maximum Gasteiger partial charge on any atom is 0.0541 e. The molecule has 238 valence electrons. The van der Waals surface area contributed by atoms with Crippen LogP contribution in [0.5, 0.6) is 0 Å². The summed E-state index contributed by atoms with van der Waals surface area (Å²) in [5.41, 5.74) is 13.3. The van der Waals surface area contributed by atoms with Crippen LogP contribution in [-0.2, 0) is 0 Å². The van der Waals surface area contributed by atoms with Crippen molar-refractivity contribution in [3.63, 3.8) is 0 Å². The van der Waals surface area contributed by atoms with E-state index in [9.17, 15) is 0 Å². The Kier molecular flexibility index (Phi) is 7.68. The van der Waals surface area contributed by atoms with E-state index in [0.717, 1.165) is 17.8 Å². The molecule has 1 heterocycles. The first kappa shape index (κ1) is 29.7. The second kappa shape index (κ2) is 12.9. The number of aromatic nitrogens is 1. The van der Waals surface area contributed by atoms with Crippen molar-refractivity contribution in [3.8, 4) is 27.9 Å². The SMILES string of the molecule is C1=C[C@@H](c2ccccc2)CC=C1N(c1ccc(-c2ccccc2)cc1)c1ccc(-c2ccc3c(c2)c2ccccc2n3-c2ccccc2)cc1. The molecule has 1 aliphatic carbocycles. The lowest BCUT2D eigenvalue weighted by Crippen LogP contribution is -2.17. The molecule has 0 saturated heterocycles. The molecule has 2 heteroatoms. The Bertz CT molecular complexity index is 2470. The van der Waals surface area contributed by atoms with Crippen LogP contribution in [-0.4, -0.2) is 4.57 Å². The second-order valence-electron chi connectivity index (χ2n) is 13.0. The number of benzene rings is 7. The van der Waals surface area contributed by atoms with Gasteiger partial charge < -0.3 is 9.47 Å². The third-order valence-corrected chi connectivity index (χ3v) is 9.94. The number of hydrogen-bond acceptors (Lipinski definition) is 1. The first-order chi connectivity index (χ1) is 24.8. The van der Waals surface area contributed by atoms with Crippen molar-refractivity contribution in [2.45, 2.75) is 12.3 Å². The largest absolute Gasteiger partial charge is 0.311 e. The van der Waals surface area contributed by atoms with Gasteiger partial charge in [-0.2, -0.15) is 0 Å². The van der Waals surface area contributed by atoms with E-state index in [1.54, 1.807) is 0 Å². The summed E-state index contributed by atoms with van der Waals surface area (Å²) in [5, 5.41) is 2.52. The molecule has 0 spiro atoms. The molecule has 2 nitrogen and oxygen atoms in total. The van der Waals surface area contributed by atoms with Crippen molar-refractivity contribution < 1.29 is 0 Å². The van der Waals surface area contributed by atoms with Crippen LogP contribution >= 0.6 is 0 Å². The van der Waals surface area contributed by atoms with Gasteiger partial charge in [-0.25, -0.2) is 0 Å². The molecule has 1 aliphatic rings. The van der Waals surface area contributed by atoms with Crippen LogP contribution in [0.2, 0.25) is 0 Å². The van der Waals surface area contributed by atoms with Crippen LogP contribution in [0, 0.1) is 0 Å². The third-order valence-electron chi connectivity index (χ3n) is 9.94. The summed E-state index contributed by atoms with van der Waals surface area (Å²) in [6.45, 7) is 0. The lowest BCUT2D eigenvalue weighted by molar-refractivity contribution is 0.840. The molecule has 0 unspecified atom stereocenters. The molecule has 1 aromatic heterocycles. The first-order valence-electron chi connectivity index (χ1n) is 17.4. The van der Waals surface area contributed by atoms with Gasteiger partial charge in [0.25, 0.3) is 0 Å². The van der Waals surface area contributed by atoms with Gasteiger partial charge in [0, 0.05) is 39.4 Å². The Hall–Kier alpha value is -6.38. The first-order valence-corrected chi connectivity index (χ1v) is 17.4. The molecule has 9 rings (SSSR count). The molecule has 0 amide bonds. The summed E-state index contributed by atoms with van der Waals surface area (Å²) >= 11 is 0. The van der Waals surface area contributed by atoms with E-state index >= 15 is 0 Å². The van der Waals surface area contributed by atoms with E-state index in [-0.39, 0.29) is 0 Å². The van der Waals surface area contributed by atoms with E-state index in [1.807, 2.05) is 0 Å². The Balaban J connectivity index is 1.08. The molecule has 1 atom stereocenters. The smallest absolute Gasteiger partial charge is 0.0541 e. The second-order valence-corrected chi connectivity index (χ2v) is 13.0. The number of rotatable bonds is 7. The summed E-state index contributed by atoms with van der Waals surface area (Å²) in [6, 6.07) is 65.6. The van der Waals surface area contributed by atoms with Gasteiger partial charge in [-0.05, 0) is 94.9 Å². The summed E-state index contributed by atoms with van der Waals surface area (Å²) in [5.74, 6) is 0.382. The topological polar surface area (TPSA) is 8.17 Å². The molecule has 0 bridgehead atoms. The predicted octanol–water partition coefficient (Wildman–Crippen LogP) is 12.9. The molecule has 0 radical (unpaired) electrons. The summed E-state index contributed by atoms with van der Waals surface area (Å²) in [6.07, 6.45) is 7.98. The minimum Gasteiger partial charge on any atom is -0.311 e. The van der Waals surface area contributed by atoms with Gasteiger partial charge in [-0.1, -0.05) is 140 Å². The number of fused-ring (bicyclic) bond motifs is 3. The molecule has 0 saturated carbocycles. The van der Waals surface area contributed by atoms with E-state index in [1.165, 1.54) is 61.0 Å². The quantitative estimate of drug-likeness (QED) is 0.168. The fourth-order valence-corrected chi connectivity index (χ4v) is 7.41. The van der Waals surface area contributed by atoms with Gasteiger partial charge >= 0.3 is 0 Å². The zero-order valence-corrected chi connectivity index (χ0v) is 27.7. The van der Waals surface area contributed by atoms with Crippen molar-refractivity contribution in [1.29, 1.82) is 0 Å². The van der Waals surface area contributed by atoms with Crippen molar-refractivity contribution in [2.24, 2.45) is 0 Å². The standard InChI is InChI=1S/C48H36N2/c1-4-12-35(13-5-1)37-20-27-42(28-21-37)49(43-29-22-38(23-30-43)36-14-6-2-7-15-36)44-31-24-39(25-32-44)40-26-33-48-46(34-40)45-18-10-11-19-47(45)50(48)41-16-8-3-9-17-41/h1-22,24-34,38H,23H2/t38-/m1/s1. The molecular weight excluding hydrogens is 605 g/mol. The lowest BCUT2D eigenvalue weighted by atomic mass is 9.91. The van der Waals surface area contributed by atoms with Crippen LogP contribution < -0.4 is 4.90 Å². The molecule has 0 fully saturated rings. The summed E-state index contributed by atoms with van der Waals surface area (Å²) in [4.78, 5) is 2.38. The van der Waals surface area contributed by atoms with Gasteiger partial charge in [0.15, 0.2) is 0 Å². The zero-order valence-electron chi connectivity index (χ0n) is 27.7. The maximum absolute atomic E-state index is 2.38. The Morgan fingerprint density at radius 3 is 1.66 bits per heavy atom. The number of allylic oxidation sites excluding steroid dienone is 3. The summed E-state index contributed by atoms with van der Waals surface area (Å²) in [7, 11) is 0. The minimum absolute atomic E-state index is 0.382. The minimum atomic E-state index is 0.382. The molecule has 50 heavy (non-hydrogen) atoms. The predicted molar refractivity (Wildman–Crippen MR) is 211 cm³/mol. The molecule has 0 N–H and O–H groups in total. The van der Waals surface area contributed by atoms with Crippen LogP contribution in [0.1, 0.15) is 17.9 Å². The highest BCUT2D eigenvalue weighted by Crippen LogP contribution is 2.39. The number of nitrogens with zero attached hydrogens (tertiary/aromatic N) is 2. The van der Waals surface area contributed by atoms with Crippen molar-refractivity contribution in [2.75, 3.05) is 4.90 Å². The Morgan fingerprint density at radius 2 is 1.00 bits per heavy atom. The highest BCUT2D eigenvalue weighted by Gasteiger charge is 2.19. The van der Waals surface area contributed by atoms with Crippen LogP contribution in [0.15, 0.2) is 206 Å². The van der Waals surface area contributed by atoms with Gasteiger partial charge in [0.1, 0.15) is 0 Å². The van der Waals surface area contributed by atoms with Gasteiger partial charge in [0.2, 0.25) is 0 Å². The zero-order chi connectivity index (χ0) is 33.3. The Labute approximate surface area is 293 Å². The van der Waals surface area contributed by atoms with Crippen LogP contribution in [0.25, 0.3) is 49.7 Å². The molecule has 8 aromatic rings. The van der Waals surface area contributed by atoms with Gasteiger partial charge in [-0.3, -0.25) is 0 Å². The van der Waals surface area contributed by atoms with E-state index in [2.05, 4.69) is 210 Å². The number of para-hydroxylation sites is 2. The van der Waals surface area contributed by atoms with Crippen LogP contribution in [0.4, 0.5) is 11.4 Å². The Morgan fingerprint density at radius 1 is 0.460 bits per heavy atom. The van der Waals surface area contributed by atoms with E-state index < -0.39 is 0 Å². The van der Waals surface area contributed by atoms with E-state index in [4.69, 9.17) is 0 Å². The van der Waals surface area contributed by atoms with Gasteiger partial charge in [0.05, 0.1) is 11.0 Å². The molecule has 0 aliphatic heterocycles. The average molecular weight is 641 g/mol. The highest BCUT2D eigenvalue weighted by atomic mass is 15.1. The normalized spacial score (nSPS) is 14.2. The van der Waals surface area contributed by atoms with Crippen molar-refractivity contribution in [1.82, 2.24) is 4.57 Å². The highest BCUT2D eigenvalue weighted by molar-refractivity contribution is 6.10. The summed E-state index contributed by atoms with van der Waals surface area (Å²) < 4.78 is 2.37. The maximum atomic E-state index is 2.38. The monoisotopic (exact) mass is 640 g/mol. The number of hydrogen-bond donors (Lipinski definition) is 0. The molecule has 7 aromatic carbocycles. The number of anilines is 2. The van der Waals surface area contributed by atoms with Crippen molar-refractivity contribution >= 4 is 33.2 Å².